The summed E-state index contributed by atoms with van der Waals surface area (Å²) in [7, 11) is 0. The number of alkyl halides is 6. The van der Waals surface area contributed by atoms with E-state index in [0.29, 0.717) is 12.1 Å². The number of hydrogen-bond donors (Lipinski definition) is 1. The smallest absolute Gasteiger partial charge is 0.374 e. The minimum atomic E-state index is -5.03. The second-order valence-corrected chi connectivity index (χ2v) is 6.15. The highest BCUT2D eigenvalue weighted by atomic mass is 19.4. The molecular weight excluding hydrogens is 390 g/mol. The Labute approximate surface area is 154 Å². The van der Waals surface area contributed by atoms with Crippen molar-refractivity contribution in [3.05, 3.63) is 70.8 Å². The average molecular weight is 402 g/mol. The van der Waals surface area contributed by atoms with Gasteiger partial charge in [0.2, 0.25) is 5.91 Å². The molecule has 0 fully saturated rings. The molecule has 0 aromatic heterocycles. The zero-order valence-electron chi connectivity index (χ0n) is 13.9. The van der Waals surface area contributed by atoms with Crippen LogP contribution in [0.3, 0.4) is 0 Å². The Bertz CT molecular complexity index is 934. The second kappa shape index (κ2) is 6.54. The Morgan fingerprint density at radius 1 is 1.04 bits per heavy atom. The van der Waals surface area contributed by atoms with Gasteiger partial charge in [-0.25, -0.2) is 0 Å². The third kappa shape index (κ3) is 3.41. The maximum atomic E-state index is 13.8. The molecule has 0 aliphatic carbocycles. The van der Waals surface area contributed by atoms with Gasteiger partial charge in [-0.05, 0) is 29.8 Å². The number of halogens is 6. The van der Waals surface area contributed by atoms with E-state index in [0.717, 1.165) is 12.1 Å². The first-order valence-corrected chi connectivity index (χ1v) is 7.84. The van der Waals surface area contributed by atoms with Crippen molar-refractivity contribution < 1.29 is 36.0 Å². The predicted molar refractivity (Wildman–Crippen MR) is 86.4 cm³/mol. The highest BCUT2D eigenvalue weighted by Crippen LogP contribution is 2.49. The number of oxime groups is 1. The summed E-state index contributed by atoms with van der Waals surface area (Å²) in [6.45, 7) is 0. The summed E-state index contributed by atoms with van der Waals surface area (Å²) in [6.07, 6.45) is -10.7. The first-order valence-electron chi connectivity index (χ1n) is 7.84. The van der Waals surface area contributed by atoms with E-state index < -0.39 is 41.4 Å². The van der Waals surface area contributed by atoms with E-state index >= 15 is 0 Å². The Balaban J connectivity index is 1.99. The molecule has 0 radical (unpaired) electrons. The standard InChI is InChI=1S/C18H12F6N2O2/c19-17(20,21)13-3-1-2-12(8-13)16(18(22,23)24)9-14(26-28-16)10-4-6-11(7-5-10)15(25)27/h1-8H,9H2,(H2,25,27)/t16-/m0/s1. The van der Waals surface area contributed by atoms with E-state index in [1.165, 1.54) is 24.3 Å². The number of rotatable bonds is 3. The monoisotopic (exact) mass is 402 g/mol. The number of carbonyl (C=O) groups excluding carboxylic acids is 1. The largest absolute Gasteiger partial charge is 0.435 e. The number of carbonyl (C=O) groups is 1. The van der Waals surface area contributed by atoms with Crippen LogP contribution >= 0.6 is 0 Å². The third-order valence-electron chi connectivity index (χ3n) is 4.34. The Hall–Kier alpha value is -3.04. The molecule has 1 amide bonds. The van der Waals surface area contributed by atoms with Gasteiger partial charge in [-0.1, -0.05) is 29.4 Å². The summed E-state index contributed by atoms with van der Waals surface area (Å²) >= 11 is 0. The minimum Gasteiger partial charge on any atom is -0.374 e. The van der Waals surface area contributed by atoms with Crippen molar-refractivity contribution in [3.63, 3.8) is 0 Å². The second-order valence-electron chi connectivity index (χ2n) is 6.15. The molecule has 1 aliphatic rings. The van der Waals surface area contributed by atoms with Gasteiger partial charge in [-0.3, -0.25) is 4.79 Å². The van der Waals surface area contributed by atoms with Crippen molar-refractivity contribution in [2.24, 2.45) is 10.9 Å². The lowest BCUT2D eigenvalue weighted by Crippen LogP contribution is -2.42. The zero-order chi connectivity index (χ0) is 20.7. The van der Waals surface area contributed by atoms with Crippen LogP contribution in [0.4, 0.5) is 26.3 Å². The van der Waals surface area contributed by atoms with E-state index in [1.54, 1.807) is 0 Å². The summed E-state index contributed by atoms with van der Waals surface area (Å²) in [5.74, 6) is -0.718. The van der Waals surface area contributed by atoms with Crippen LogP contribution in [0.5, 0.6) is 0 Å². The molecule has 2 aromatic rings. The molecule has 4 nitrogen and oxygen atoms in total. The SMILES string of the molecule is NC(=O)c1ccc(C2=NO[C@@](c3cccc(C(F)(F)F)c3)(C(F)(F)F)C2)cc1. The van der Waals surface area contributed by atoms with E-state index in [-0.39, 0.29) is 16.8 Å². The van der Waals surface area contributed by atoms with Crippen LogP contribution < -0.4 is 5.73 Å². The molecule has 1 heterocycles. The maximum absolute atomic E-state index is 13.8. The Morgan fingerprint density at radius 3 is 2.21 bits per heavy atom. The normalized spacial score (nSPS) is 19.9. The molecule has 148 valence electrons. The van der Waals surface area contributed by atoms with E-state index in [1.807, 2.05) is 0 Å². The molecule has 1 aliphatic heterocycles. The lowest BCUT2D eigenvalue weighted by Gasteiger charge is -2.30. The van der Waals surface area contributed by atoms with Crippen molar-refractivity contribution in [1.29, 1.82) is 0 Å². The maximum Gasteiger partial charge on any atom is 0.435 e. The topological polar surface area (TPSA) is 64.7 Å². The van der Waals surface area contributed by atoms with Crippen LogP contribution in [0.1, 0.15) is 33.5 Å². The average Bonchev–Trinajstić information content (AvgIpc) is 3.08. The van der Waals surface area contributed by atoms with Gasteiger partial charge < -0.3 is 10.6 Å². The van der Waals surface area contributed by atoms with Crippen molar-refractivity contribution in [3.8, 4) is 0 Å². The van der Waals surface area contributed by atoms with E-state index in [2.05, 4.69) is 5.16 Å². The quantitative estimate of drug-likeness (QED) is 0.775. The lowest BCUT2D eigenvalue weighted by molar-refractivity contribution is -0.276. The summed E-state index contributed by atoms with van der Waals surface area (Å²) in [6, 6.07) is 8.15. The van der Waals surface area contributed by atoms with Crippen molar-refractivity contribution in [2.75, 3.05) is 0 Å². The van der Waals surface area contributed by atoms with Gasteiger partial charge in [-0.15, -0.1) is 0 Å². The molecule has 3 rings (SSSR count). The summed E-state index contributed by atoms with van der Waals surface area (Å²) in [4.78, 5) is 15.8. The molecule has 2 N–H and O–H groups in total. The lowest BCUT2D eigenvalue weighted by atomic mass is 9.85. The Kier molecular flexibility index (Phi) is 4.60. The van der Waals surface area contributed by atoms with Gasteiger partial charge in [0.1, 0.15) is 0 Å². The van der Waals surface area contributed by atoms with Crippen LogP contribution in [-0.2, 0) is 16.6 Å². The zero-order valence-corrected chi connectivity index (χ0v) is 13.9. The molecule has 28 heavy (non-hydrogen) atoms. The molecule has 0 unspecified atom stereocenters. The fourth-order valence-electron chi connectivity index (χ4n) is 2.83. The van der Waals surface area contributed by atoms with Gasteiger partial charge in [0.15, 0.2) is 0 Å². The van der Waals surface area contributed by atoms with Crippen LogP contribution in [-0.4, -0.2) is 17.8 Å². The molecular formula is C18H12F6N2O2. The van der Waals surface area contributed by atoms with Crippen molar-refractivity contribution in [1.82, 2.24) is 0 Å². The molecule has 0 saturated heterocycles. The first kappa shape index (κ1) is 19.7. The summed E-state index contributed by atoms with van der Waals surface area (Å²) < 4.78 is 80.3. The third-order valence-corrected chi connectivity index (χ3v) is 4.34. The number of amides is 1. The minimum absolute atomic E-state index is 0.120. The van der Waals surface area contributed by atoms with Crippen LogP contribution in [0.15, 0.2) is 53.7 Å². The molecule has 10 heteroatoms. The van der Waals surface area contributed by atoms with Gasteiger partial charge in [0.05, 0.1) is 11.3 Å². The summed E-state index contributed by atoms with van der Waals surface area (Å²) in [5, 5.41) is 3.47. The first-order chi connectivity index (χ1) is 12.9. The van der Waals surface area contributed by atoms with Crippen LogP contribution in [0.25, 0.3) is 0 Å². The van der Waals surface area contributed by atoms with Gasteiger partial charge in [0, 0.05) is 17.5 Å². The number of benzene rings is 2. The predicted octanol–water partition coefficient (Wildman–Crippen LogP) is 4.39. The van der Waals surface area contributed by atoms with Crippen molar-refractivity contribution >= 4 is 11.6 Å². The van der Waals surface area contributed by atoms with Crippen LogP contribution in [0.2, 0.25) is 0 Å². The number of nitrogens with two attached hydrogens (primary N) is 1. The molecule has 1 atom stereocenters. The molecule has 0 bridgehead atoms. The van der Waals surface area contributed by atoms with Crippen molar-refractivity contribution in [2.45, 2.75) is 24.4 Å². The van der Waals surface area contributed by atoms with E-state index in [4.69, 9.17) is 10.6 Å². The molecule has 2 aromatic carbocycles. The van der Waals surface area contributed by atoms with E-state index in [9.17, 15) is 31.1 Å². The van der Waals surface area contributed by atoms with Crippen LogP contribution in [0, 0.1) is 0 Å². The number of primary amides is 1. The Morgan fingerprint density at radius 2 is 1.68 bits per heavy atom. The highest BCUT2D eigenvalue weighted by Gasteiger charge is 2.62. The van der Waals surface area contributed by atoms with Gasteiger partial charge in [-0.2, -0.15) is 26.3 Å². The number of nitrogens with zero attached hydrogens (tertiary/aromatic N) is 1. The highest BCUT2D eigenvalue weighted by molar-refractivity contribution is 6.02. The fraction of sp³-hybridized carbons (Fsp3) is 0.222. The number of hydrogen-bond acceptors (Lipinski definition) is 3. The molecule has 0 spiro atoms. The van der Waals surface area contributed by atoms with Gasteiger partial charge in [0.25, 0.3) is 5.60 Å². The summed E-state index contributed by atoms with van der Waals surface area (Å²) in [5.41, 5.74) is 0.374. The fourth-order valence-corrected chi connectivity index (χ4v) is 2.83. The molecule has 0 saturated carbocycles. The van der Waals surface area contributed by atoms with Gasteiger partial charge >= 0.3 is 12.4 Å².